The number of hydrogen-bond donors (Lipinski definition) is 2. The normalized spacial score (nSPS) is 29.2. The Morgan fingerprint density at radius 2 is 1.90 bits per heavy atom. The van der Waals surface area contributed by atoms with Crippen LogP contribution < -0.4 is 10.6 Å². The van der Waals surface area contributed by atoms with E-state index in [2.05, 4.69) is 15.7 Å². The second-order valence-electron chi connectivity index (χ2n) is 9.65. The van der Waals surface area contributed by atoms with Crippen molar-refractivity contribution in [3.8, 4) is 0 Å². The maximum atomic E-state index is 13.0. The van der Waals surface area contributed by atoms with Crippen LogP contribution in [-0.4, -0.2) is 21.6 Å². The second-order valence-corrected chi connectivity index (χ2v) is 9.65. The Labute approximate surface area is 176 Å². The first kappa shape index (κ1) is 19.4. The number of nitrogens with zero attached hydrogens (tertiary/aromatic N) is 2. The summed E-state index contributed by atoms with van der Waals surface area (Å²) >= 11 is 0. The molecule has 2 amide bonds. The maximum absolute atomic E-state index is 13.0. The third-order valence-corrected chi connectivity index (χ3v) is 7.28. The Morgan fingerprint density at radius 3 is 2.50 bits per heavy atom. The fourth-order valence-corrected chi connectivity index (χ4v) is 6.55. The molecule has 0 unspecified atom stereocenters. The van der Waals surface area contributed by atoms with Gasteiger partial charge < -0.3 is 15.1 Å². The van der Waals surface area contributed by atoms with E-state index in [-0.39, 0.29) is 29.5 Å². The second kappa shape index (κ2) is 7.60. The van der Waals surface area contributed by atoms with Gasteiger partial charge in [-0.15, -0.1) is 0 Å². The maximum Gasteiger partial charge on any atom is 0.274 e. The minimum atomic E-state index is -0.316. The molecule has 0 radical (unpaired) electrons. The number of aryl methyl sites for hydroxylation is 1. The fourth-order valence-electron chi connectivity index (χ4n) is 6.55. The highest BCUT2D eigenvalue weighted by Crippen LogP contribution is 2.61. The summed E-state index contributed by atoms with van der Waals surface area (Å²) < 4.78 is 6.95. The van der Waals surface area contributed by atoms with Gasteiger partial charge in [-0.2, -0.15) is 5.10 Å². The zero-order valence-corrected chi connectivity index (χ0v) is 17.5. The number of rotatable bonds is 7. The molecular weight excluding hydrogens is 380 g/mol. The van der Waals surface area contributed by atoms with Gasteiger partial charge in [0.25, 0.3) is 5.91 Å². The summed E-state index contributed by atoms with van der Waals surface area (Å²) in [6.07, 6.45) is 11.5. The lowest BCUT2D eigenvalue weighted by molar-refractivity contribution is -0.124. The van der Waals surface area contributed by atoms with Crippen LogP contribution in [0.1, 0.15) is 68.1 Å². The van der Waals surface area contributed by atoms with E-state index in [4.69, 9.17) is 4.42 Å². The monoisotopic (exact) mass is 410 g/mol. The van der Waals surface area contributed by atoms with Crippen molar-refractivity contribution >= 4 is 17.5 Å². The molecular formula is C23H30N4O3. The Morgan fingerprint density at radius 1 is 1.20 bits per heavy atom. The lowest BCUT2D eigenvalue weighted by atomic mass is 9.49. The minimum Gasteiger partial charge on any atom is -0.467 e. The van der Waals surface area contributed by atoms with Crippen LogP contribution in [-0.2, 0) is 17.9 Å². The summed E-state index contributed by atoms with van der Waals surface area (Å²) in [6.45, 7) is 2.87. The SMILES string of the molecule is CCn1cc(NC(=O)CC23CC4CC(CC(C4)C2)C3)c(C(=O)NCc2ccco2)n1. The molecule has 0 spiro atoms. The van der Waals surface area contributed by atoms with Gasteiger partial charge in [-0.25, -0.2) is 0 Å². The molecule has 0 atom stereocenters. The predicted molar refractivity (Wildman–Crippen MR) is 112 cm³/mol. The quantitative estimate of drug-likeness (QED) is 0.723. The summed E-state index contributed by atoms with van der Waals surface area (Å²) in [5.74, 6) is 2.81. The summed E-state index contributed by atoms with van der Waals surface area (Å²) in [7, 11) is 0. The zero-order chi connectivity index (χ0) is 20.7. The minimum absolute atomic E-state index is 0.00712. The molecule has 6 rings (SSSR count). The number of anilines is 1. The molecule has 0 aromatic carbocycles. The van der Waals surface area contributed by atoms with Gasteiger partial charge in [0, 0.05) is 19.2 Å². The highest BCUT2D eigenvalue weighted by molar-refractivity contribution is 6.02. The van der Waals surface area contributed by atoms with Crippen molar-refractivity contribution in [3.05, 3.63) is 36.0 Å². The first-order chi connectivity index (χ1) is 14.5. The molecule has 7 heteroatoms. The van der Waals surface area contributed by atoms with Crippen LogP contribution in [0.2, 0.25) is 0 Å². The molecule has 160 valence electrons. The van der Waals surface area contributed by atoms with Crippen molar-refractivity contribution in [2.75, 3.05) is 5.32 Å². The van der Waals surface area contributed by atoms with Crippen LogP contribution in [0.5, 0.6) is 0 Å². The van der Waals surface area contributed by atoms with Crippen molar-refractivity contribution in [1.29, 1.82) is 0 Å². The summed E-state index contributed by atoms with van der Waals surface area (Å²) in [5.41, 5.74) is 0.909. The molecule has 0 saturated heterocycles. The van der Waals surface area contributed by atoms with Gasteiger partial charge in [0.1, 0.15) is 5.76 Å². The Hall–Kier alpha value is -2.57. The molecule has 4 bridgehead atoms. The molecule has 2 aromatic heterocycles. The third kappa shape index (κ3) is 3.77. The van der Waals surface area contributed by atoms with Gasteiger partial charge in [0.2, 0.25) is 5.91 Å². The van der Waals surface area contributed by atoms with E-state index in [0.29, 0.717) is 24.4 Å². The van der Waals surface area contributed by atoms with Crippen molar-refractivity contribution in [1.82, 2.24) is 15.1 Å². The van der Waals surface area contributed by atoms with Gasteiger partial charge >= 0.3 is 0 Å². The van der Waals surface area contributed by atoms with Gasteiger partial charge in [-0.1, -0.05) is 0 Å². The van der Waals surface area contributed by atoms with E-state index in [9.17, 15) is 9.59 Å². The average Bonchev–Trinajstić information content (AvgIpc) is 3.34. The van der Waals surface area contributed by atoms with Crippen molar-refractivity contribution in [2.45, 2.75) is 65.0 Å². The van der Waals surface area contributed by atoms with Crippen LogP contribution in [0.3, 0.4) is 0 Å². The highest BCUT2D eigenvalue weighted by atomic mass is 16.3. The lowest BCUT2D eigenvalue weighted by Crippen LogP contribution is -2.47. The lowest BCUT2D eigenvalue weighted by Gasteiger charge is -2.56. The molecule has 4 aliphatic carbocycles. The average molecular weight is 411 g/mol. The topological polar surface area (TPSA) is 89.2 Å². The van der Waals surface area contributed by atoms with E-state index >= 15 is 0 Å². The number of furan rings is 1. The number of carbonyl (C=O) groups excluding carboxylic acids is 2. The Balaban J connectivity index is 1.26. The fraction of sp³-hybridized carbons (Fsp3) is 0.609. The van der Waals surface area contributed by atoms with Gasteiger partial charge in [-0.05, 0) is 80.8 Å². The number of nitrogens with one attached hydrogen (secondary N) is 2. The number of carbonyl (C=O) groups is 2. The van der Waals surface area contributed by atoms with Crippen molar-refractivity contribution in [3.63, 3.8) is 0 Å². The van der Waals surface area contributed by atoms with E-state index < -0.39 is 0 Å². The van der Waals surface area contributed by atoms with Gasteiger partial charge in [0.05, 0.1) is 18.5 Å². The van der Waals surface area contributed by atoms with Gasteiger partial charge in [-0.3, -0.25) is 14.3 Å². The largest absolute Gasteiger partial charge is 0.467 e. The molecule has 4 saturated carbocycles. The molecule has 2 N–H and O–H groups in total. The molecule has 0 aliphatic heterocycles. The molecule has 30 heavy (non-hydrogen) atoms. The van der Waals surface area contributed by atoms with Crippen molar-refractivity contribution in [2.24, 2.45) is 23.2 Å². The van der Waals surface area contributed by atoms with E-state index in [1.807, 2.05) is 6.92 Å². The molecule has 2 heterocycles. The van der Waals surface area contributed by atoms with Crippen LogP contribution >= 0.6 is 0 Å². The first-order valence-corrected chi connectivity index (χ1v) is 11.2. The van der Waals surface area contributed by atoms with Crippen molar-refractivity contribution < 1.29 is 14.0 Å². The summed E-state index contributed by atoms with van der Waals surface area (Å²) in [4.78, 5) is 25.7. The van der Waals surface area contributed by atoms with E-state index in [1.54, 1.807) is 29.3 Å². The summed E-state index contributed by atoms with van der Waals surface area (Å²) in [6, 6.07) is 3.59. The molecule has 7 nitrogen and oxygen atoms in total. The first-order valence-electron chi connectivity index (χ1n) is 11.2. The molecule has 2 aromatic rings. The molecule has 4 aliphatic rings. The number of amides is 2. The van der Waals surface area contributed by atoms with Gasteiger partial charge in [0.15, 0.2) is 5.69 Å². The van der Waals surface area contributed by atoms with Crippen LogP contribution in [0.15, 0.2) is 29.0 Å². The molecule has 4 fully saturated rings. The van der Waals surface area contributed by atoms with E-state index in [1.165, 1.54) is 38.5 Å². The predicted octanol–water partition coefficient (Wildman–Crippen LogP) is 3.97. The number of hydrogen-bond acceptors (Lipinski definition) is 4. The Bertz CT molecular complexity index is 895. The standard InChI is InChI=1S/C23H30N4O3/c1-2-27-14-19(21(26-27)22(29)24-13-18-4-3-5-30-18)25-20(28)12-23-9-15-6-16(10-23)8-17(7-15)11-23/h3-5,14-17H,2,6-13H2,1H3,(H,24,29)(H,25,28). The third-order valence-electron chi connectivity index (χ3n) is 7.28. The Kier molecular flexibility index (Phi) is 4.91. The zero-order valence-electron chi connectivity index (χ0n) is 17.5. The van der Waals surface area contributed by atoms with Crippen LogP contribution in [0.4, 0.5) is 5.69 Å². The number of aromatic nitrogens is 2. The van der Waals surface area contributed by atoms with Crippen LogP contribution in [0, 0.1) is 23.2 Å². The van der Waals surface area contributed by atoms with E-state index in [0.717, 1.165) is 17.8 Å². The summed E-state index contributed by atoms with van der Waals surface area (Å²) in [5, 5.41) is 10.2. The van der Waals surface area contributed by atoms with Crippen LogP contribution in [0.25, 0.3) is 0 Å². The smallest absolute Gasteiger partial charge is 0.274 e. The highest BCUT2D eigenvalue weighted by Gasteiger charge is 2.51.